The van der Waals surface area contributed by atoms with Gasteiger partial charge in [-0.1, -0.05) is 22.9 Å². The van der Waals surface area contributed by atoms with Gasteiger partial charge < -0.3 is 10.1 Å². The van der Waals surface area contributed by atoms with Crippen LogP contribution in [0.5, 0.6) is 5.75 Å². The van der Waals surface area contributed by atoms with Gasteiger partial charge in [0.1, 0.15) is 5.75 Å². The Morgan fingerprint density at radius 3 is 2.39 bits per heavy atom. The van der Waals surface area contributed by atoms with E-state index in [0.29, 0.717) is 0 Å². The monoisotopic (exact) mass is 313 g/mol. The number of ether oxygens (including phenoxy) is 1. The van der Waals surface area contributed by atoms with Gasteiger partial charge in [-0.05, 0) is 51.5 Å². The van der Waals surface area contributed by atoms with Gasteiger partial charge in [0.05, 0.1) is 10.4 Å². The van der Waals surface area contributed by atoms with Gasteiger partial charge in [-0.15, -0.1) is 0 Å². The van der Waals surface area contributed by atoms with E-state index < -0.39 is 4.32 Å². The molecule has 0 heterocycles. The number of halogens is 1. The van der Waals surface area contributed by atoms with Crippen LogP contribution >= 0.6 is 15.9 Å². The molecule has 1 rings (SSSR count). The number of carbonyl (C=O) groups excluding carboxylic acids is 1. The summed E-state index contributed by atoms with van der Waals surface area (Å²) >= 11 is 3.32. The topological polar surface area (TPSA) is 38.3 Å². The first-order chi connectivity index (χ1) is 8.32. The number of benzene rings is 1. The van der Waals surface area contributed by atoms with Crippen molar-refractivity contribution in [1.29, 1.82) is 0 Å². The van der Waals surface area contributed by atoms with Crippen molar-refractivity contribution in [3.05, 3.63) is 24.3 Å². The maximum absolute atomic E-state index is 11.8. The summed E-state index contributed by atoms with van der Waals surface area (Å²) in [6.07, 6.45) is 1.17. The summed E-state index contributed by atoms with van der Waals surface area (Å²) in [5.41, 5.74) is 0.768. The molecule has 0 bridgehead atoms. The molecule has 0 saturated carbocycles. The zero-order valence-electron chi connectivity index (χ0n) is 11.3. The highest BCUT2D eigenvalue weighted by atomic mass is 79.9. The second-order valence-electron chi connectivity index (χ2n) is 4.79. The molecule has 1 amide bonds. The number of anilines is 1. The summed E-state index contributed by atoms with van der Waals surface area (Å²) in [7, 11) is 0. The van der Waals surface area contributed by atoms with Crippen molar-refractivity contribution < 1.29 is 9.53 Å². The number of rotatable bonds is 5. The van der Waals surface area contributed by atoms with Crippen molar-refractivity contribution in [3.8, 4) is 5.75 Å². The minimum absolute atomic E-state index is 0.0712. The van der Waals surface area contributed by atoms with E-state index in [-0.39, 0.29) is 12.0 Å². The molecule has 0 aliphatic carbocycles. The van der Waals surface area contributed by atoms with Crippen molar-refractivity contribution in [3.63, 3.8) is 0 Å². The Morgan fingerprint density at radius 2 is 1.94 bits per heavy atom. The molecule has 3 nitrogen and oxygen atoms in total. The van der Waals surface area contributed by atoms with E-state index >= 15 is 0 Å². The van der Waals surface area contributed by atoms with Gasteiger partial charge in [-0.3, -0.25) is 4.79 Å². The highest BCUT2D eigenvalue weighted by Gasteiger charge is 2.23. The fraction of sp³-hybridized carbons (Fsp3) is 0.500. The largest absolute Gasteiger partial charge is 0.491 e. The van der Waals surface area contributed by atoms with Gasteiger partial charge in [-0.2, -0.15) is 0 Å². The SMILES string of the molecule is CC[C@H](C)Oc1ccc(NC(=O)C(C)(C)Br)cc1. The van der Waals surface area contributed by atoms with E-state index in [4.69, 9.17) is 4.74 Å². The lowest BCUT2D eigenvalue weighted by atomic mass is 10.2. The summed E-state index contributed by atoms with van der Waals surface area (Å²) in [6, 6.07) is 7.41. The molecule has 4 heteroatoms. The van der Waals surface area contributed by atoms with Crippen molar-refractivity contribution in [2.45, 2.75) is 44.5 Å². The number of hydrogen-bond acceptors (Lipinski definition) is 2. The van der Waals surface area contributed by atoms with Crippen LogP contribution in [0, 0.1) is 0 Å². The van der Waals surface area contributed by atoms with E-state index in [9.17, 15) is 4.79 Å². The molecule has 0 spiro atoms. The number of carbonyl (C=O) groups is 1. The summed E-state index contributed by atoms with van der Waals surface area (Å²) in [4.78, 5) is 11.8. The molecular formula is C14H20BrNO2. The number of alkyl halides is 1. The molecular weight excluding hydrogens is 294 g/mol. The third kappa shape index (κ3) is 4.69. The lowest BCUT2D eigenvalue weighted by molar-refractivity contribution is -0.117. The van der Waals surface area contributed by atoms with Crippen molar-refractivity contribution in [2.24, 2.45) is 0 Å². The predicted octanol–water partition coefficient (Wildman–Crippen LogP) is 3.98. The summed E-state index contributed by atoms with van der Waals surface area (Å²) < 4.78 is 5.10. The molecule has 0 radical (unpaired) electrons. The van der Waals surface area contributed by atoms with Gasteiger partial charge in [0.2, 0.25) is 5.91 Å². The Morgan fingerprint density at radius 1 is 1.39 bits per heavy atom. The van der Waals surface area contributed by atoms with Crippen LogP contribution in [0.2, 0.25) is 0 Å². The molecule has 100 valence electrons. The molecule has 0 aliphatic heterocycles. The second kappa shape index (κ2) is 6.23. The van der Waals surface area contributed by atoms with Crippen LogP contribution in [-0.4, -0.2) is 16.3 Å². The van der Waals surface area contributed by atoms with E-state index in [0.717, 1.165) is 17.9 Å². The summed E-state index contributed by atoms with van der Waals surface area (Å²) in [6.45, 7) is 7.73. The molecule has 0 fully saturated rings. The Bertz CT molecular complexity index is 395. The highest BCUT2D eigenvalue weighted by molar-refractivity contribution is 9.10. The Kier molecular flexibility index (Phi) is 5.20. The Balaban J connectivity index is 2.63. The molecule has 0 aliphatic rings. The number of nitrogens with one attached hydrogen (secondary N) is 1. The fourth-order valence-corrected chi connectivity index (χ4v) is 1.31. The number of hydrogen-bond donors (Lipinski definition) is 1. The third-order valence-electron chi connectivity index (χ3n) is 2.56. The smallest absolute Gasteiger partial charge is 0.240 e. The van der Waals surface area contributed by atoms with Gasteiger partial charge in [-0.25, -0.2) is 0 Å². The lowest BCUT2D eigenvalue weighted by Crippen LogP contribution is -2.30. The average molecular weight is 314 g/mol. The first kappa shape index (κ1) is 15.0. The molecule has 18 heavy (non-hydrogen) atoms. The van der Waals surface area contributed by atoms with Gasteiger partial charge in [0, 0.05) is 5.69 Å². The quantitative estimate of drug-likeness (QED) is 0.835. The third-order valence-corrected chi connectivity index (χ3v) is 2.92. The van der Waals surface area contributed by atoms with E-state index in [2.05, 4.69) is 28.2 Å². The predicted molar refractivity (Wildman–Crippen MR) is 78.5 cm³/mol. The van der Waals surface area contributed by atoms with Crippen LogP contribution in [-0.2, 0) is 4.79 Å². The maximum Gasteiger partial charge on any atom is 0.240 e. The van der Waals surface area contributed by atoms with Crippen LogP contribution in [0.1, 0.15) is 34.1 Å². The van der Waals surface area contributed by atoms with E-state index in [1.165, 1.54) is 0 Å². The van der Waals surface area contributed by atoms with Crippen LogP contribution in [0.25, 0.3) is 0 Å². The molecule has 0 unspecified atom stereocenters. The standard InChI is InChI=1S/C14H20BrNO2/c1-5-10(2)18-12-8-6-11(7-9-12)16-13(17)14(3,4)15/h6-10H,5H2,1-4H3,(H,16,17)/t10-/m0/s1. The normalized spacial score (nSPS) is 12.9. The zero-order chi connectivity index (χ0) is 13.8. The summed E-state index contributed by atoms with van der Waals surface area (Å²) in [5.74, 6) is 0.749. The van der Waals surface area contributed by atoms with Crippen LogP contribution < -0.4 is 10.1 Å². The lowest BCUT2D eigenvalue weighted by Gasteiger charge is -2.16. The molecule has 0 saturated heterocycles. The van der Waals surface area contributed by atoms with Crippen LogP contribution in [0.4, 0.5) is 5.69 Å². The Labute approximate surface area is 117 Å². The highest BCUT2D eigenvalue weighted by Crippen LogP contribution is 2.21. The van der Waals surface area contributed by atoms with Gasteiger partial charge >= 0.3 is 0 Å². The minimum atomic E-state index is -0.571. The van der Waals surface area contributed by atoms with Gasteiger partial charge in [0.25, 0.3) is 0 Å². The van der Waals surface area contributed by atoms with E-state index in [1.807, 2.05) is 45.0 Å². The Hall–Kier alpha value is -1.03. The molecule has 1 atom stereocenters. The fourth-order valence-electron chi connectivity index (χ4n) is 1.21. The van der Waals surface area contributed by atoms with Crippen LogP contribution in [0.15, 0.2) is 24.3 Å². The molecule has 1 aromatic carbocycles. The van der Waals surface area contributed by atoms with Crippen molar-refractivity contribution in [2.75, 3.05) is 5.32 Å². The molecule has 1 aromatic rings. The average Bonchev–Trinajstić information content (AvgIpc) is 2.30. The first-order valence-corrected chi connectivity index (χ1v) is 6.89. The van der Waals surface area contributed by atoms with Gasteiger partial charge in [0.15, 0.2) is 0 Å². The van der Waals surface area contributed by atoms with Crippen molar-refractivity contribution >= 4 is 27.5 Å². The molecule has 1 N–H and O–H groups in total. The first-order valence-electron chi connectivity index (χ1n) is 6.10. The minimum Gasteiger partial charge on any atom is -0.491 e. The maximum atomic E-state index is 11.8. The number of amides is 1. The molecule has 0 aromatic heterocycles. The van der Waals surface area contributed by atoms with Crippen LogP contribution in [0.3, 0.4) is 0 Å². The second-order valence-corrected chi connectivity index (χ2v) is 6.77. The summed E-state index contributed by atoms with van der Waals surface area (Å²) in [5, 5.41) is 2.84. The van der Waals surface area contributed by atoms with Crippen molar-refractivity contribution in [1.82, 2.24) is 0 Å². The zero-order valence-corrected chi connectivity index (χ0v) is 12.9. The van der Waals surface area contributed by atoms with E-state index in [1.54, 1.807) is 0 Å².